The van der Waals surface area contributed by atoms with Crippen LogP contribution in [0.25, 0.3) is 0 Å². The van der Waals surface area contributed by atoms with Crippen molar-refractivity contribution in [3.8, 4) is 0 Å². The van der Waals surface area contributed by atoms with Crippen molar-refractivity contribution in [1.29, 1.82) is 0 Å². The van der Waals surface area contributed by atoms with E-state index in [1.807, 2.05) is 19.0 Å². The first-order valence-corrected chi connectivity index (χ1v) is 5.58. The van der Waals surface area contributed by atoms with E-state index >= 15 is 0 Å². The molecule has 5 nitrogen and oxygen atoms in total. The topological polar surface area (TPSA) is 49.9 Å². The third kappa shape index (κ3) is 3.20. The largest absolute Gasteiger partial charge is 0.467 e. The summed E-state index contributed by atoms with van der Waals surface area (Å²) in [6.07, 6.45) is 2.66. The molecule has 1 amide bonds. The summed E-state index contributed by atoms with van der Waals surface area (Å²) in [6, 6.07) is -0.383. The van der Waals surface area contributed by atoms with Crippen molar-refractivity contribution < 1.29 is 14.3 Å². The molecule has 0 N–H and O–H groups in total. The number of carbonyl (C=O) groups excluding carboxylic acids is 2. The number of likely N-dealkylation sites (tertiary alicyclic amines) is 1. The molecule has 16 heavy (non-hydrogen) atoms. The molecular formula is C11H20N2O3. The number of nitrogens with zero attached hydrogens (tertiary/aromatic N) is 2. The second-order valence-electron chi connectivity index (χ2n) is 4.36. The maximum absolute atomic E-state index is 11.9. The first kappa shape index (κ1) is 13.0. The minimum absolute atomic E-state index is 0.0000926. The Morgan fingerprint density at radius 1 is 1.38 bits per heavy atom. The third-order valence-electron chi connectivity index (χ3n) is 2.75. The van der Waals surface area contributed by atoms with E-state index in [1.54, 1.807) is 4.90 Å². The molecular weight excluding hydrogens is 208 g/mol. The van der Waals surface area contributed by atoms with E-state index in [4.69, 9.17) is 4.74 Å². The molecule has 0 saturated carbocycles. The lowest BCUT2D eigenvalue weighted by atomic mass is 10.0. The quantitative estimate of drug-likeness (QED) is 0.643. The number of amides is 1. The predicted molar refractivity (Wildman–Crippen MR) is 59.9 cm³/mol. The predicted octanol–water partition coefficient (Wildman–Crippen LogP) is 0.102. The highest BCUT2D eigenvalue weighted by molar-refractivity contribution is 5.85. The van der Waals surface area contributed by atoms with Crippen LogP contribution in [0.4, 0.5) is 0 Å². The minimum Gasteiger partial charge on any atom is -0.467 e. The van der Waals surface area contributed by atoms with Crippen LogP contribution in [-0.2, 0) is 14.3 Å². The molecule has 0 radical (unpaired) electrons. The highest BCUT2D eigenvalue weighted by atomic mass is 16.5. The summed E-state index contributed by atoms with van der Waals surface area (Å²) in [4.78, 5) is 26.9. The molecule has 1 aliphatic rings. The van der Waals surface area contributed by atoms with E-state index in [-0.39, 0.29) is 17.9 Å². The summed E-state index contributed by atoms with van der Waals surface area (Å²) < 4.78 is 4.73. The number of hydrogen-bond acceptors (Lipinski definition) is 4. The fraction of sp³-hybridized carbons (Fsp3) is 0.818. The Kier molecular flexibility index (Phi) is 4.73. The van der Waals surface area contributed by atoms with Crippen molar-refractivity contribution in [1.82, 2.24) is 9.80 Å². The number of esters is 1. The second kappa shape index (κ2) is 5.84. The highest BCUT2D eigenvalue weighted by Gasteiger charge is 2.32. The van der Waals surface area contributed by atoms with Gasteiger partial charge in [-0.2, -0.15) is 0 Å². The highest BCUT2D eigenvalue weighted by Crippen LogP contribution is 2.18. The number of carbonyl (C=O) groups is 2. The number of hydrogen-bond donors (Lipinski definition) is 0. The maximum atomic E-state index is 11.9. The zero-order valence-electron chi connectivity index (χ0n) is 10.2. The third-order valence-corrected chi connectivity index (χ3v) is 2.75. The van der Waals surface area contributed by atoms with Crippen LogP contribution in [0.3, 0.4) is 0 Å². The fourth-order valence-electron chi connectivity index (χ4n) is 1.97. The second-order valence-corrected chi connectivity index (χ2v) is 4.36. The van der Waals surface area contributed by atoms with Crippen molar-refractivity contribution in [2.45, 2.75) is 25.3 Å². The SMILES string of the molecule is COC(=O)[C@H]1CCCCN1C(=O)CN(C)C. The summed E-state index contributed by atoms with van der Waals surface area (Å²) in [5.74, 6) is -0.299. The minimum atomic E-state index is -0.383. The van der Waals surface area contributed by atoms with Crippen LogP contribution in [0.2, 0.25) is 0 Å². The summed E-state index contributed by atoms with van der Waals surface area (Å²) >= 11 is 0. The molecule has 1 rings (SSSR count). The van der Waals surface area contributed by atoms with Crippen molar-refractivity contribution in [2.24, 2.45) is 0 Å². The standard InChI is InChI=1S/C11H20N2O3/c1-12(2)8-10(14)13-7-5-4-6-9(13)11(15)16-3/h9H,4-8H2,1-3H3/t9-/m1/s1. The molecule has 1 atom stereocenters. The van der Waals surface area contributed by atoms with Gasteiger partial charge in [-0.25, -0.2) is 4.79 Å². The lowest BCUT2D eigenvalue weighted by Gasteiger charge is -2.34. The van der Waals surface area contributed by atoms with E-state index in [0.717, 1.165) is 12.8 Å². The number of methoxy groups -OCH3 is 1. The van der Waals surface area contributed by atoms with Gasteiger partial charge in [0.25, 0.3) is 0 Å². The van der Waals surface area contributed by atoms with E-state index in [2.05, 4.69) is 0 Å². The Hall–Kier alpha value is -1.10. The molecule has 1 heterocycles. The number of ether oxygens (including phenoxy) is 1. The Morgan fingerprint density at radius 3 is 2.62 bits per heavy atom. The molecule has 0 unspecified atom stereocenters. The van der Waals surface area contributed by atoms with Crippen molar-refractivity contribution in [3.05, 3.63) is 0 Å². The lowest BCUT2D eigenvalue weighted by Crippen LogP contribution is -2.50. The average Bonchev–Trinajstić information content (AvgIpc) is 2.27. The van der Waals surface area contributed by atoms with Gasteiger partial charge in [0.15, 0.2) is 0 Å². The van der Waals surface area contributed by atoms with Gasteiger partial charge in [-0.3, -0.25) is 4.79 Å². The molecule has 0 aromatic carbocycles. The van der Waals surface area contributed by atoms with Crippen LogP contribution in [0, 0.1) is 0 Å². The van der Waals surface area contributed by atoms with E-state index in [0.29, 0.717) is 19.5 Å². The van der Waals surface area contributed by atoms with Crippen molar-refractivity contribution >= 4 is 11.9 Å². The van der Waals surface area contributed by atoms with Gasteiger partial charge >= 0.3 is 5.97 Å². The van der Waals surface area contributed by atoms with Crippen LogP contribution in [0.5, 0.6) is 0 Å². The Labute approximate surface area is 96.3 Å². The van der Waals surface area contributed by atoms with Gasteiger partial charge in [-0.1, -0.05) is 0 Å². The van der Waals surface area contributed by atoms with Gasteiger partial charge < -0.3 is 14.5 Å². The summed E-state index contributed by atoms with van der Waals surface area (Å²) in [5.41, 5.74) is 0. The zero-order chi connectivity index (χ0) is 12.1. The Bertz CT molecular complexity index is 266. The summed E-state index contributed by atoms with van der Waals surface area (Å²) in [5, 5.41) is 0. The van der Waals surface area contributed by atoms with Crippen molar-refractivity contribution in [2.75, 3.05) is 34.3 Å². The number of rotatable bonds is 3. The maximum Gasteiger partial charge on any atom is 0.328 e. The lowest BCUT2D eigenvalue weighted by molar-refractivity contribution is -0.154. The molecule has 0 bridgehead atoms. The Morgan fingerprint density at radius 2 is 2.06 bits per heavy atom. The van der Waals surface area contributed by atoms with Gasteiger partial charge in [0.2, 0.25) is 5.91 Å². The van der Waals surface area contributed by atoms with Gasteiger partial charge in [-0.15, -0.1) is 0 Å². The fourth-order valence-corrected chi connectivity index (χ4v) is 1.97. The van der Waals surface area contributed by atoms with Crippen LogP contribution >= 0.6 is 0 Å². The van der Waals surface area contributed by atoms with E-state index in [1.165, 1.54) is 7.11 Å². The van der Waals surface area contributed by atoms with Crippen LogP contribution in [0.1, 0.15) is 19.3 Å². The molecule has 5 heteroatoms. The zero-order valence-corrected chi connectivity index (χ0v) is 10.2. The molecule has 1 fully saturated rings. The molecule has 0 spiro atoms. The average molecular weight is 228 g/mol. The molecule has 0 aromatic rings. The van der Waals surface area contributed by atoms with Gasteiger partial charge in [0.1, 0.15) is 6.04 Å². The normalized spacial score (nSPS) is 21.0. The van der Waals surface area contributed by atoms with Gasteiger partial charge in [0, 0.05) is 6.54 Å². The Balaban J connectivity index is 2.66. The van der Waals surface area contributed by atoms with Crippen LogP contribution in [0.15, 0.2) is 0 Å². The summed E-state index contributed by atoms with van der Waals surface area (Å²) in [7, 11) is 5.05. The van der Waals surface area contributed by atoms with Crippen molar-refractivity contribution in [3.63, 3.8) is 0 Å². The molecule has 0 aliphatic carbocycles. The first-order valence-electron chi connectivity index (χ1n) is 5.58. The first-order chi connectivity index (χ1) is 7.56. The van der Waals surface area contributed by atoms with Crippen LogP contribution < -0.4 is 0 Å². The molecule has 92 valence electrons. The number of piperidine rings is 1. The van der Waals surface area contributed by atoms with Gasteiger partial charge in [0.05, 0.1) is 13.7 Å². The monoisotopic (exact) mass is 228 g/mol. The smallest absolute Gasteiger partial charge is 0.328 e. The van der Waals surface area contributed by atoms with Crippen LogP contribution in [-0.4, -0.2) is 62.0 Å². The van der Waals surface area contributed by atoms with E-state index in [9.17, 15) is 9.59 Å². The van der Waals surface area contributed by atoms with E-state index < -0.39 is 0 Å². The molecule has 1 aliphatic heterocycles. The van der Waals surface area contributed by atoms with Gasteiger partial charge in [-0.05, 0) is 33.4 Å². The summed E-state index contributed by atoms with van der Waals surface area (Å²) in [6.45, 7) is 1.000. The molecule has 0 aromatic heterocycles. The molecule has 1 saturated heterocycles. The number of likely N-dealkylation sites (N-methyl/N-ethyl adjacent to an activating group) is 1.